The number of pyridine rings is 1. The number of aromatic amines is 1. The molecule has 0 aliphatic rings. The fourth-order valence-corrected chi connectivity index (χ4v) is 3.40. The molecule has 148 valence electrons. The number of benzene rings is 2. The summed E-state index contributed by atoms with van der Waals surface area (Å²) in [7, 11) is 0. The highest BCUT2D eigenvalue weighted by Crippen LogP contribution is 2.26. The zero-order chi connectivity index (χ0) is 20.2. The Morgan fingerprint density at radius 2 is 1.72 bits per heavy atom. The molecule has 0 atom stereocenters. The fourth-order valence-electron chi connectivity index (χ4n) is 3.40. The quantitative estimate of drug-likeness (QED) is 0.372. The van der Waals surface area contributed by atoms with Crippen molar-refractivity contribution in [1.82, 2.24) is 9.97 Å². The lowest BCUT2D eigenvalue weighted by molar-refractivity contribution is 0.589. The number of nitrogens with zero attached hydrogens (tertiary/aromatic N) is 1. The third-order valence-corrected chi connectivity index (χ3v) is 4.95. The van der Waals surface area contributed by atoms with Gasteiger partial charge in [-0.15, -0.1) is 0 Å². The fraction of sp³-hybridized carbons (Fsp3) is 0.174. The van der Waals surface area contributed by atoms with Gasteiger partial charge in [0.25, 0.3) is 0 Å². The number of aryl methyl sites for hydroxylation is 1. The number of nitrogens with one attached hydrogen (secondary N) is 3. The Morgan fingerprint density at radius 3 is 2.45 bits per heavy atom. The molecule has 2 aromatic heterocycles. The molecule has 0 aliphatic heterocycles. The molecule has 0 radical (unpaired) electrons. The molecule has 0 bridgehead atoms. The van der Waals surface area contributed by atoms with E-state index in [0.717, 1.165) is 22.9 Å². The van der Waals surface area contributed by atoms with Crippen molar-refractivity contribution >= 4 is 28.0 Å². The topological polar surface area (TPSA) is 52.7 Å². The number of rotatable bonds is 7. The van der Waals surface area contributed by atoms with E-state index in [2.05, 4.69) is 45.7 Å². The maximum absolute atomic E-state index is 14.5. The van der Waals surface area contributed by atoms with Crippen LogP contribution in [0.5, 0.6) is 0 Å². The van der Waals surface area contributed by atoms with Crippen molar-refractivity contribution < 1.29 is 8.78 Å². The van der Waals surface area contributed by atoms with Gasteiger partial charge in [0.2, 0.25) is 0 Å². The van der Waals surface area contributed by atoms with Gasteiger partial charge in [0.15, 0.2) is 11.6 Å². The molecule has 2 heterocycles. The van der Waals surface area contributed by atoms with Crippen LogP contribution in [-0.4, -0.2) is 16.5 Å². The molecule has 0 saturated carbocycles. The molecule has 0 unspecified atom stereocenters. The lowest BCUT2D eigenvalue weighted by Gasteiger charge is -2.12. The van der Waals surface area contributed by atoms with Crippen LogP contribution in [0.3, 0.4) is 0 Å². The highest BCUT2D eigenvalue weighted by molar-refractivity contribution is 5.83. The molecule has 3 N–H and O–H groups in total. The smallest absolute Gasteiger partial charge is 0.151 e. The van der Waals surface area contributed by atoms with Crippen molar-refractivity contribution in [3.8, 4) is 0 Å². The van der Waals surface area contributed by atoms with Crippen LogP contribution in [0.2, 0.25) is 0 Å². The molecule has 4 nitrogen and oxygen atoms in total. The van der Waals surface area contributed by atoms with Gasteiger partial charge in [0.05, 0.1) is 0 Å². The number of hydrogen-bond donors (Lipinski definition) is 3. The Labute approximate surface area is 168 Å². The average molecular weight is 392 g/mol. The highest BCUT2D eigenvalue weighted by atomic mass is 19.1. The predicted octanol–water partition coefficient (Wildman–Crippen LogP) is 5.80. The van der Waals surface area contributed by atoms with Crippen molar-refractivity contribution in [1.29, 1.82) is 0 Å². The van der Waals surface area contributed by atoms with Crippen LogP contribution in [0.25, 0.3) is 10.9 Å². The van der Waals surface area contributed by atoms with Crippen LogP contribution >= 0.6 is 0 Å². The molecular weight excluding hydrogens is 370 g/mol. The Balaban J connectivity index is 1.43. The minimum Gasteiger partial charge on any atom is -0.380 e. The van der Waals surface area contributed by atoms with Gasteiger partial charge < -0.3 is 15.6 Å². The van der Waals surface area contributed by atoms with Gasteiger partial charge in [-0.25, -0.2) is 8.78 Å². The summed E-state index contributed by atoms with van der Waals surface area (Å²) in [5.41, 5.74) is 4.42. The number of hydrogen-bond acceptors (Lipinski definition) is 3. The van der Waals surface area contributed by atoms with Crippen molar-refractivity contribution in [3.05, 3.63) is 83.8 Å². The molecule has 2 aromatic carbocycles. The number of halogens is 2. The lowest BCUT2D eigenvalue weighted by atomic mass is 10.1. The second-order valence-corrected chi connectivity index (χ2v) is 6.90. The number of H-pyrrole nitrogens is 1. The van der Waals surface area contributed by atoms with E-state index in [4.69, 9.17) is 0 Å². The maximum atomic E-state index is 14.5. The summed E-state index contributed by atoms with van der Waals surface area (Å²) in [5.74, 6) is -1.26. The normalized spacial score (nSPS) is 11.0. The Hall–Kier alpha value is -3.41. The molecule has 29 heavy (non-hydrogen) atoms. The van der Waals surface area contributed by atoms with Gasteiger partial charge in [-0.3, -0.25) is 4.98 Å². The van der Waals surface area contributed by atoms with Gasteiger partial charge in [0, 0.05) is 47.4 Å². The third-order valence-electron chi connectivity index (χ3n) is 4.95. The zero-order valence-electron chi connectivity index (χ0n) is 16.1. The van der Waals surface area contributed by atoms with Crippen LogP contribution in [0.15, 0.2) is 61.1 Å². The average Bonchev–Trinajstić information content (AvgIpc) is 3.13. The number of aromatic nitrogens is 2. The maximum Gasteiger partial charge on any atom is 0.151 e. The first-order valence-corrected chi connectivity index (χ1v) is 9.63. The van der Waals surface area contributed by atoms with E-state index in [9.17, 15) is 8.78 Å². The Morgan fingerprint density at radius 1 is 0.966 bits per heavy atom. The first kappa shape index (κ1) is 18.9. The van der Waals surface area contributed by atoms with Crippen LogP contribution in [0.1, 0.15) is 18.1 Å². The van der Waals surface area contributed by atoms with Crippen LogP contribution in [-0.2, 0) is 12.8 Å². The summed E-state index contributed by atoms with van der Waals surface area (Å²) >= 11 is 0. The molecule has 0 saturated heterocycles. The number of fused-ring (bicyclic) bond motifs is 1. The highest BCUT2D eigenvalue weighted by Gasteiger charge is 2.12. The van der Waals surface area contributed by atoms with Crippen molar-refractivity contribution in [3.63, 3.8) is 0 Å². The summed E-state index contributed by atoms with van der Waals surface area (Å²) in [6.07, 6.45) is 6.81. The molecular formula is C23H22F2N4. The van der Waals surface area contributed by atoms with Crippen molar-refractivity contribution in [2.75, 3.05) is 17.2 Å². The van der Waals surface area contributed by atoms with Gasteiger partial charge in [0.1, 0.15) is 5.69 Å². The van der Waals surface area contributed by atoms with Gasteiger partial charge in [-0.2, -0.15) is 0 Å². The zero-order valence-corrected chi connectivity index (χ0v) is 16.1. The minimum atomic E-state index is -0.631. The summed E-state index contributed by atoms with van der Waals surface area (Å²) in [6.45, 7) is 2.54. The molecule has 4 aromatic rings. The number of anilines is 3. The van der Waals surface area contributed by atoms with E-state index in [-0.39, 0.29) is 5.69 Å². The predicted molar refractivity (Wildman–Crippen MR) is 114 cm³/mol. The van der Waals surface area contributed by atoms with Gasteiger partial charge in [-0.05, 0) is 54.3 Å². The SMILES string of the molecule is CCc1ccc2c(CCNc3c(F)cc(Nc4ccncc4)cc3F)c[nH]c2c1. The first-order chi connectivity index (χ1) is 14.1. The Kier molecular flexibility index (Phi) is 5.42. The summed E-state index contributed by atoms with van der Waals surface area (Å²) in [5, 5.41) is 7.01. The molecule has 6 heteroatoms. The molecule has 0 fully saturated rings. The second-order valence-electron chi connectivity index (χ2n) is 6.90. The van der Waals surface area contributed by atoms with Crippen LogP contribution < -0.4 is 10.6 Å². The second kappa shape index (κ2) is 8.31. The third kappa shape index (κ3) is 4.21. The van der Waals surface area contributed by atoms with E-state index >= 15 is 0 Å². The van der Waals surface area contributed by atoms with Crippen LogP contribution in [0.4, 0.5) is 25.8 Å². The van der Waals surface area contributed by atoms with E-state index in [1.807, 2.05) is 6.20 Å². The minimum absolute atomic E-state index is 0.113. The van der Waals surface area contributed by atoms with E-state index < -0.39 is 11.6 Å². The van der Waals surface area contributed by atoms with Gasteiger partial charge in [-0.1, -0.05) is 19.1 Å². The summed E-state index contributed by atoms with van der Waals surface area (Å²) in [6, 6.07) is 12.4. The van der Waals surface area contributed by atoms with Gasteiger partial charge >= 0.3 is 0 Å². The standard InChI is InChI=1S/C23H22F2N4/c1-2-15-3-4-19-16(14-28-22(19)11-15)5-10-27-23-20(24)12-18(13-21(23)25)29-17-6-8-26-9-7-17/h3-4,6-9,11-14,27-28H,2,5,10H2,1H3,(H,26,29). The van der Waals surface area contributed by atoms with Crippen LogP contribution in [0, 0.1) is 11.6 Å². The molecule has 0 amide bonds. The Bertz CT molecular complexity index is 1100. The molecule has 4 rings (SSSR count). The molecule has 0 aliphatic carbocycles. The lowest BCUT2D eigenvalue weighted by Crippen LogP contribution is -2.08. The van der Waals surface area contributed by atoms with E-state index in [1.165, 1.54) is 17.7 Å². The van der Waals surface area contributed by atoms with E-state index in [0.29, 0.717) is 24.3 Å². The van der Waals surface area contributed by atoms with Crippen molar-refractivity contribution in [2.45, 2.75) is 19.8 Å². The van der Waals surface area contributed by atoms with Crippen molar-refractivity contribution in [2.24, 2.45) is 0 Å². The first-order valence-electron chi connectivity index (χ1n) is 9.63. The monoisotopic (exact) mass is 392 g/mol. The summed E-state index contributed by atoms with van der Waals surface area (Å²) < 4.78 is 28.9. The van der Waals surface area contributed by atoms with E-state index in [1.54, 1.807) is 24.5 Å². The largest absolute Gasteiger partial charge is 0.380 e. The summed E-state index contributed by atoms with van der Waals surface area (Å²) in [4.78, 5) is 7.19. The molecule has 0 spiro atoms.